The third kappa shape index (κ3) is 4.32. The highest BCUT2D eigenvalue weighted by Gasteiger charge is 2.12. The van der Waals surface area contributed by atoms with Crippen LogP contribution in [-0.2, 0) is 26.1 Å². The van der Waals surface area contributed by atoms with Crippen LogP contribution in [-0.4, -0.2) is 25.0 Å². The molecule has 1 amide bonds. The molecule has 0 fully saturated rings. The number of amides is 1. The average molecular weight is 417 g/mol. The highest BCUT2D eigenvalue weighted by molar-refractivity contribution is 5.97. The standard InChI is InChI=1S/C23H23N5O3/c1-2-28-22(30)18-9-8-17(14-19(18)26-23(28)31)21(29)25-15-20-24-11-13-27(20)12-10-16-6-4-3-5-7-16/h3-9,11,13-14H,2,10,12,15H2,1H3,(H,25,29)(H,26,31). The number of carbonyl (C=O) groups is 1. The van der Waals surface area contributed by atoms with Gasteiger partial charge in [-0.15, -0.1) is 0 Å². The molecule has 4 rings (SSSR count). The summed E-state index contributed by atoms with van der Waals surface area (Å²) in [4.78, 5) is 44.1. The smallest absolute Gasteiger partial charge is 0.328 e. The fourth-order valence-electron chi connectivity index (χ4n) is 3.55. The number of fused-ring (bicyclic) bond motifs is 1. The van der Waals surface area contributed by atoms with E-state index in [1.807, 2.05) is 29.0 Å². The summed E-state index contributed by atoms with van der Waals surface area (Å²) in [5, 5.41) is 3.23. The Bertz CT molecular complexity index is 1330. The molecular formula is C23H23N5O3. The SMILES string of the molecule is CCn1c(=O)[nH]c2cc(C(=O)NCc3nccn3CCc3ccccc3)ccc2c1=O. The molecule has 4 aromatic rings. The van der Waals surface area contributed by atoms with E-state index in [1.165, 1.54) is 11.6 Å². The van der Waals surface area contributed by atoms with Gasteiger partial charge in [-0.1, -0.05) is 30.3 Å². The summed E-state index contributed by atoms with van der Waals surface area (Å²) in [5.74, 6) is 0.448. The first-order valence-electron chi connectivity index (χ1n) is 10.2. The highest BCUT2D eigenvalue weighted by atomic mass is 16.2. The predicted octanol–water partition coefficient (Wildman–Crippen LogP) is 2.08. The summed E-state index contributed by atoms with van der Waals surface area (Å²) in [6.07, 6.45) is 4.47. The fraction of sp³-hybridized carbons (Fsp3) is 0.217. The van der Waals surface area contributed by atoms with E-state index < -0.39 is 5.69 Å². The lowest BCUT2D eigenvalue weighted by molar-refractivity contribution is 0.0949. The molecule has 8 heteroatoms. The minimum atomic E-state index is -0.488. The molecule has 0 spiro atoms. The molecule has 2 aromatic heterocycles. The van der Waals surface area contributed by atoms with Gasteiger partial charge in [0, 0.05) is 31.0 Å². The highest BCUT2D eigenvalue weighted by Crippen LogP contribution is 2.10. The number of rotatable bonds is 7. The van der Waals surface area contributed by atoms with Crippen LogP contribution >= 0.6 is 0 Å². The van der Waals surface area contributed by atoms with E-state index in [0.717, 1.165) is 23.4 Å². The van der Waals surface area contributed by atoms with Crippen molar-refractivity contribution in [2.24, 2.45) is 0 Å². The number of benzene rings is 2. The number of hydrogen-bond donors (Lipinski definition) is 2. The monoisotopic (exact) mass is 417 g/mol. The Morgan fingerprint density at radius 1 is 1.13 bits per heavy atom. The van der Waals surface area contributed by atoms with E-state index in [1.54, 1.807) is 25.3 Å². The Morgan fingerprint density at radius 2 is 1.94 bits per heavy atom. The lowest BCUT2D eigenvalue weighted by Crippen LogP contribution is -2.34. The molecule has 31 heavy (non-hydrogen) atoms. The third-order valence-corrected chi connectivity index (χ3v) is 5.25. The Hall–Kier alpha value is -3.94. The molecule has 0 saturated heterocycles. The average Bonchev–Trinajstić information content (AvgIpc) is 3.24. The van der Waals surface area contributed by atoms with Gasteiger partial charge < -0.3 is 14.9 Å². The molecular weight excluding hydrogens is 394 g/mol. The Labute approximate surface area is 178 Å². The van der Waals surface area contributed by atoms with Gasteiger partial charge in [0.25, 0.3) is 11.5 Å². The molecule has 0 aliphatic rings. The van der Waals surface area contributed by atoms with Crippen LogP contribution < -0.4 is 16.6 Å². The van der Waals surface area contributed by atoms with Crippen LogP contribution in [0.2, 0.25) is 0 Å². The van der Waals surface area contributed by atoms with Crippen molar-refractivity contribution in [1.29, 1.82) is 0 Å². The minimum Gasteiger partial charge on any atom is -0.345 e. The third-order valence-electron chi connectivity index (χ3n) is 5.25. The van der Waals surface area contributed by atoms with Crippen molar-refractivity contribution < 1.29 is 4.79 Å². The number of aromatic amines is 1. The number of hydrogen-bond acceptors (Lipinski definition) is 4. The van der Waals surface area contributed by atoms with Gasteiger partial charge in [-0.2, -0.15) is 0 Å². The lowest BCUT2D eigenvalue weighted by Gasteiger charge is -2.10. The van der Waals surface area contributed by atoms with E-state index in [0.29, 0.717) is 16.5 Å². The molecule has 0 bridgehead atoms. The maximum Gasteiger partial charge on any atom is 0.328 e. The van der Waals surface area contributed by atoms with Crippen molar-refractivity contribution in [2.45, 2.75) is 33.0 Å². The molecule has 158 valence electrons. The first kappa shape index (κ1) is 20.3. The number of imidazole rings is 1. The van der Waals surface area contributed by atoms with Crippen LogP contribution in [0.3, 0.4) is 0 Å². The van der Waals surface area contributed by atoms with Crippen LogP contribution in [0.5, 0.6) is 0 Å². The first-order chi connectivity index (χ1) is 15.1. The van der Waals surface area contributed by atoms with E-state index in [-0.39, 0.29) is 24.6 Å². The van der Waals surface area contributed by atoms with E-state index in [4.69, 9.17) is 0 Å². The van der Waals surface area contributed by atoms with Crippen molar-refractivity contribution in [3.05, 3.63) is 98.7 Å². The number of H-pyrrole nitrogens is 1. The molecule has 0 atom stereocenters. The summed E-state index contributed by atoms with van der Waals surface area (Å²) in [6, 6.07) is 14.8. The lowest BCUT2D eigenvalue weighted by atomic mass is 10.1. The number of nitrogens with one attached hydrogen (secondary N) is 2. The molecule has 0 saturated carbocycles. The van der Waals surface area contributed by atoms with Crippen LogP contribution in [0.25, 0.3) is 10.9 Å². The fourth-order valence-corrected chi connectivity index (χ4v) is 3.55. The molecule has 2 aromatic carbocycles. The van der Waals surface area contributed by atoms with Gasteiger partial charge in [-0.25, -0.2) is 9.78 Å². The summed E-state index contributed by atoms with van der Waals surface area (Å²) in [6.45, 7) is 3.04. The first-order valence-corrected chi connectivity index (χ1v) is 10.2. The predicted molar refractivity (Wildman–Crippen MR) is 118 cm³/mol. The van der Waals surface area contributed by atoms with Crippen molar-refractivity contribution >= 4 is 16.8 Å². The summed E-state index contributed by atoms with van der Waals surface area (Å²) < 4.78 is 3.13. The van der Waals surface area contributed by atoms with Crippen LogP contribution in [0.4, 0.5) is 0 Å². The second-order valence-electron chi connectivity index (χ2n) is 7.20. The van der Waals surface area contributed by atoms with Gasteiger partial charge in [0.05, 0.1) is 17.4 Å². The molecule has 2 heterocycles. The Morgan fingerprint density at radius 3 is 2.71 bits per heavy atom. The topological polar surface area (TPSA) is 102 Å². The Balaban J connectivity index is 1.46. The second-order valence-corrected chi connectivity index (χ2v) is 7.20. The van der Waals surface area contributed by atoms with Crippen LogP contribution in [0.15, 0.2) is 70.5 Å². The molecule has 8 nitrogen and oxygen atoms in total. The molecule has 0 aliphatic heterocycles. The maximum atomic E-state index is 12.6. The van der Waals surface area contributed by atoms with E-state index >= 15 is 0 Å². The van der Waals surface area contributed by atoms with E-state index in [2.05, 4.69) is 27.4 Å². The zero-order chi connectivity index (χ0) is 21.8. The second kappa shape index (κ2) is 8.83. The van der Waals surface area contributed by atoms with Crippen molar-refractivity contribution in [2.75, 3.05) is 0 Å². The van der Waals surface area contributed by atoms with Crippen molar-refractivity contribution in [3.63, 3.8) is 0 Å². The molecule has 0 unspecified atom stereocenters. The quantitative estimate of drug-likeness (QED) is 0.481. The minimum absolute atomic E-state index is 0.270. The number of carbonyl (C=O) groups excluding carboxylic acids is 1. The van der Waals surface area contributed by atoms with Gasteiger partial charge >= 0.3 is 5.69 Å². The summed E-state index contributed by atoms with van der Waals surface area (Å²) in [5.41, 5.74) is 1.08. The molecule has 0 aliphatic carbocycles. The van der Waals surface area contributed by atoms with Gasteiger partial charge in [-0.3, -0.25) is 14.2 Å². The summed E-state index contributed by atoms with van der Waals surface area (Å²) >= 11 is 0. The van der Waals surface area contributed by atoms with Gasteiger partial charge in [0.15, 0.2) is 0 Å². The van der Waals surface area contributed by atoms with Gasteiger partial charge in [0.1, 0.15) is 5.82 Å². The van der Waals surface area contributed by atoms with Crippen LogP contribution in [0, 0.1) is 0 Å². The number of aromatic nitrogens is 4. The number of nitrogens with zero attached hydrogens (tertiary/aromatic N) is 3. The van der Waals surface area contributed by atoms with Crippen molar-refractivity contribution in [3.8, 4) is 0 Å². The molecule has 2 N–H and O–H groups in total. The normalized spacial score (nSPS) is 11.0. The van der Waals surface area contributed by atoms with Crippen LogP contribution in [0.1, 0.15) is 28.7 Å². The molecule has 0 radical (unpaired) electrons. The van der Waals surface area contributed by atoms with E-state index in [9.17, 15) is 14.4 Å². The Kier molecular flexibility index (Phi) is 5.79. The number of aryl methyl sites for hydroxylation is 2. The van der Waals surface area contributed by atoms with Crippen molar-refractivity contribution in [1.82, 2.24) is 24.4 Å². The largest absolute Gasteiger partial charge is 0.345 e. The zero-order valence-electron chi connectivity index (χ0n) is 17.2. The van der Waals surface area contributed by atoms with Gasteiger partial charge in [0.2, 0.25) is 0 Å². The summed E-state index contributed by atoms with van der Waals surface area (Å²) in [7, 11) is 0. The maximum absolute atomic E-state index is 12.6. The van der Waals surface area contributed by atoms with Gasteiger partial charge in [-0.05, 0) is 37.1 Å². The zero-order valence-corrected chi connectivity index (χ0v) is 17.2.